The van der Waals surface area contributed by atoms with Gasteiger partial charge in [0.1, 0.15) is 5.75 Å². The van der Waals surface area contributed by atoms with Crippen LogP contribution in [-0.2, 0) is 16.4 Å². The van der Waals surface area contributed by atoms with Crippen LogP contribution in [0.2, 0.25) is 0 Å². The van der Waals surface area contributed by atoms with Crippen LogP contribution in [0.1, 0.15) is 41.4 Å². The third kappa shape index (κ3) is 8.20. The Hall–Kier alpha value is -3.20. The number of hydrogen-bond donors (Lipinski definition) is 3. The molecular formula is C27H32N2O5S. The van der Waals surface area contributed by atoms with E-state index in [0.717, 1.165) is 41.5 Å². The Kier molecular flexibility index (Phi) is 9.03. The Labute approximate surface area is 207 Å². The average molecular weight is 497 g/mol. The van der Waals surface area contributed by atoms with Crippen molar-refractivity contribution in [2.75, 3.05) is 19.3 Å². The Morgan fingerprint density at radius 2 is 1.63 bits per heavy atom. The number of ether oxygens (including phenoxy) is 1. The third-order valence-corrected chi connectivity index (χ3v) is 5.82. The molecule has 0 saturated heterocycles. The number of hydrogen-bond acceptors (Lipinski definition) is 6. The van der Waals surface area contributed by atoms with Crippen molar-refractivity contribution in [2.45, 2.75) is 32.5 Å². The van der Waals surface area contributed by atoms with Crippen molar-refractivity contribution in [2.24, 2.45) is 0 Å². The molecule has 3 aromatic carbocycles. The zero-order valence-electron chi connectivity index (χ0n) is 20.2. The van der Waals surface area contributed by atoms with Crippen LogP contribution in [0.4, 0.5) is 0 Å². The first-order chi connectivity index (χ1) is 16.6. The molecule has 3 aromatic rings. The zero-order valence-corrected chi connectivity index (χ0v) is 21.0. The molecule has 0 heterocycles. The number of carbonyl (C=O) groups excluding carboxylic acids is 1. The van der Waals surface area contributed by atoms with Gasteiger partial charge in [0.15, 0.2) is 0 Å². The van der Waals surface area contributed by atoms with Gasteiger partial charge in [0.25, 0.3) is 5.91 Å². The minimum absolute atomic E-state index is 0.160. The van der Waals surface area contributed by atoms with E-state index in [2.05, 4.69) is 5.32 Å². The van der Waals surface area contributed by atoms with Gasteiger partial charge in [-0.1, -0.05) is 60.7 Å². The molecule has 7 nitrogen and oxygen atoms in total. The first kappa shape index (κ1) is 26.4. The fourth-order valence-electron chi connectivity index (χ4n) is 3.59. The van der Waals surface area contributed by atoms with Crippen molar-refractivity contribution in [3.63, 3.8) is 0 Å². The van der Waals surface area contributed by atoms with Gasteiger partial charge in [-0.15, -0.1) is 0 Å². The lowest BCUT2D eigenvalue weighted by atomic mass is 10.0. The minimum Gasteiger partial charge on any atom is -0.490 e. The summed E-state index contributed by atoms with van der Waals surface area (Å²) >= 11 is 0. The molecule has 186 valence electrons. The van der Waals surface area contributed by atoms with Crippen LogP contribution in [-0.4, -0.2) is 44.9 Å². The molecular weight excluding hydrogens is 464 g/mol. The van der Waals surface area contributed by atoms with E-state index in [1.165, 1.54) is 0 Å². The van der Waals surface area contributed by atoms with Crippen LogP contribution in [0.25, 0.3) is 11.1 Å². The van der Waals surface area contributed by atoms with E-state index in [0.29, 0.717) is 12.3 Å². The molecule has 0 aliphatic carbocycles. The molecule has 0 aliphatic rings. The van der Waals surface area contributed by atoms with Crippen molar-refractivity contribution in [1.29, 1.82) is 0 Å². The van der Waals surface area contributed by atoms with Crippen molar-refractivity contribution in [3.05, 3.63) is 89.5 Å². The Bertz CT molecular complexity index is 1230. The molecule has 0 aromatic heterocycles. The highest BCUT2D eigenvalue weighted by atomic mass is 32.2. The second-order valence-electron chi connectivity index (χ2n) is 8.66. The number of sulfonamides is 1. The van der Waals surface area contributed by atoms with Crippen LogP contribution < -0.4 is 14.8 Å². The molecule has 0 aliphatic heterocycles. The predicted octanol–water partition coefficient (Wildman–Crippen LogP) is 3.70. The number of amides is 1. The summed E-state index contributed by atoms with van der Waals surface area (Å²) in [6, 6.07) is 22.7. The maximum Gasteiger partial charge on any atom is 0.268 e. The summed E-state index contributed by atoms with van der Waals surface area (Å²) in [5.41, 5.74) is 4.01. The zero-order chi connectivity index (χ0) is 25.4. The monoisotopic (exact) mass is 496 g/mol. The van der Waals surface area contributed by atoms with E-state index in [1.54, 1.807) is 18.2 Å². The van der Waals surface area contributed by atoms with E-state index < -0.39 is 22.0 Å². The molecule has 1 amide bonds. The predicted molar refractivity (Wildman–Crippen MR) is 138 cm³/mol. The number of aliphatic hydroxyl groups excluding tert-OH is 1. The van der Waals surface area contributed by atoms with Crippen LogP contribution in [0.5, 0.6) is 5.75 Å². The topological polar surface area (TPSA) is 105 Å². The van der Waals surface area contributed by atoms with Crippen molar-refractivity contribution < 1.29 is 23.1 Å². The van der Waals surface area contributed by atoms with Crippen LogP contribution in [0.3, 0.4) is 0 Å². The molecule has 3 N–H and O–H groups in total. The Balaban J connectivity index is 1.64. The number of aliphatic hydroxyl groups is 1. The van der Waals surface area contributed by atoms with Gasteiger partial charge in [0.05, 0.1) is 24.0 Å². The Morgan fingerprint density at radius 1 is 0.971 bits per heavy atom. The van der Waals surface area contributed by atoms with Gasteiger partial charge < -0.3 is 15.2 Å². The summed E-state index contributed by atoms with van der Waals surface area (Å²) in [5, 5.41) is 13.5. The SMILES string of the molecule is CC(C)Oc1cc(-c2ccc(CCNC[C@H](O)c3ccccc3)cc2)ccc1C(=O)NS(C)(=O)=O. The largest absolute Gasteiger partial charge is 0.490 e. The average Bonchev–Trinajstić information content (AvgIpc) is 2.81. The van der Waals surface area contributed by atoms with Gasteiger partial charge in [-0.3, -0.25) is 4.79 Å². The molecule has 3 rings (SSSR count). The van der Waals surface area contributed by atoms with Crippen molar-refractivity contribution in [1.82, 2.24) is 10.0 Å². The Morgan fingerprint density at radius 3 is 2.26 bits per heavy atom. The summed E-state index contributed by atoms with van der Waals surface area (Å²) in [6.07, 6.45) is 1.02. The highest BCUT2D eigenvalue weighted by Gasteiger charge is 2.18. The molecule has 0 fully saturated rings. The molecule has 0 spiro atoms. The lowest BCUT2D eigenvalue weighted by Gasteiger charge is -2.16. The molecule has 0 unspecified atom stereocenters. The summed E-state index contributed by atoms with van der Waals surface area (Å²) < 4.78 is 30.7. The molecule has 1 atom stereocenters. The highest BCUT2D eigenvalue weighted by molar-refractivity contribution is 7.89. The van der Waals surface area contributed by atoms with E-state index in [4.69, 9.17) is 4.74 Å². The van der Waals surface area contributed by atoms with E-state index in [1.807, 2.05) is 73.2 Å². The highest BCUT2D eigenvalue weighted by Crippen LogP contribution is 2.29. The second-order valence-corrected chi connectivity index (χ2v) is 10.4. The van der Waals surface area contributed by atoms with Gasteiger partial charge in [-0.05, 0) is 61.2 Å². The van der Waals surface area contributed by atoms with Gasteiger partial charge in [0, 0.05) is 6.54 Å². The van der Waals surface area contributed by atoms with Crippen LogP contribution >= 0.6 is 0 Å². The van der Waals surface area contributed by atoms with Gasteiger partial charge in [-0.25, -0.2) is 13.1 Å². The van der Waals surface area contributed by atoms with Crippen molar-refractivity contribution >= 4 is 15.9 Å². The summed E-state index contributed by atoms with van der Waals surface area (Å²) in [4.78, 5) is 12.4. The molecule has 8 heteroatoms. The number of rotatable bonds is 11. The number of carbonyl (C=O) groups is 1. The molecule has 0 saturated carbocycles. The summed E-state index contributed by atoms with van der Waals surface area (Å²) in [5.74, 6) is -0.404. The summed E-state index contributed by atoms with van der Waals surface area (Å²) in [7, 11) is -3.69. The lowest BCUT2D eigenvalue weighted by molar-refractivity contribution is 0.0976. The maximum atomic E-state index is 12.4. The first-order valence-corrected chi connectivity index (χ1v) is 13.4. The fraction of sp³-hybridized carbons (Fsp3) is 0.296. The van der Waals surface area contributed by atoms with Gasteiger partial charge in [-0.2, -0.15) is 0 Å². The standard InChI is InChI=1S/C27H32N2O5S/c1-19(2)34-26-17-23(13-14-24(26)27(31)29-35(3,32)33)21-11-9-20(10-12-21)15-16-28-18-25(30)22-7-5-4-6-8-22/h4-14,17,19,25,28,30H,15-16,18H2,1-3H3,(H,29,31)/t25-/m0/s1. The number of benzene rings is 3. The summed E-state index contributed by atoms with van der Waals surface area (Å²) in [6.45, 7) is 4.90. The molecule has 0 bridgehead atoms. The third-order valence-electron chi connectivity index (χ3n) is 5.27. The molecule has 35 heavy (non-hydrogen) atoms. The normalized spacial score (nSPS) is 12.4. The van der Waals surface area contributed by atoms with Crippen LogP contribution in [0, 0.1) is 0 Å². The van der Waals surface area contributed by atoms with Gasteiger partial charge in [0.2, 0.25) is 10.0 Å². The first-order valence-electron chi connectivity index (χ1n) is 11.5. The van der Waals surface area contributed by atoms with Gasteiger partial charge >= 0.3 is 0 Å². The van der Waals surface area contributed by atoms with E-state index >= 15 is 0 Å². The maximum absolute atomic E-state index is 12.4. The molecule has 0 radical (unpaired) electrons. The van der Waals surface area contributed by atoms with Crippen LogP contribution in [0.15, 0.2) is 72.8 Å². The smallest absolute Gasteiger partial charge is 0.268 e. The van der Waals surface area contributed by atoms with E-state index in [-0.39, 0.29) is 11.7 Å². The number of nitrogens with one attached hydrogen (secondary N) is 2. The second kappa shape index (κ2) is 12.0. The minimum atomic E-state index is -3.69. The fourth-order valence-corrected chi connectivity index (χ4v) is 4.04. The quantitative estimate of drug-likeness (QED) is 0.350. The van der Waals surface area contributed by atoms with E-state index in [9.17, 15) is 18.3 Å². The van der Waals surface area contributed by atoms with Crippen molar-refractivity contribution in [3.8, 4) is 16.9 Å². The lowest BCUT2D eigenvalue weighted by Crippen LogP contribution is -2.30.